The first-order valence-electron chi connectivity index (χ1n) is 8.97. The maximum Gasteiger partial charge on any atom is 0.242 e. The van der Waals surface area contributed by atoms with Crippen LogP contribution in [0, 0.1) is 6.92 Å². The minimum atomic E-state index is -0.282. The van der Waals surface area contributed by atoms with Crippen molar-refractivity contribution < 1.29 is 4.79 Å². The summed E-state index contributed by atoms with van der Waals surface area (Å²) in [5.41, 5.74) is 10.6. The van der Waals surface area contributed by atoms with Crippen LogP contribution in [-0.2, 0) is 11.3 Å². The average Bonchev–Trinajstić information content (AvgIpc) is 3.35. The summed E-state index contributed by atoms with van der Waals surface area (Å²) >= 11 is 0. The molecule has 0 saturated carbocycles. The monoisotopic (exact) mass is 362 g/mol. The van der Waals surface area contributed by atoms with Gasteiger partial charge in [-0.2, -0.15) is 5.10 Å². The largest absolute Gasteiger partial charge is 0.325 e. The fourth-order valence-corrected chi connectivity index (χ4v) is 3.22. The number of benzene rings is 2. The molecule has 138 valence electrons. The standard InChI is InChI=1S/C20H22N6O/c1-14-5-7-16(8-6-14)18-10-19(25-24-18)20(27)23-17-4-2-3-15(9-17)11-26-13-21-12-22-26/h2-9,12-13,18-19,24-25H,10-11H2,1H3,(H,23,27). The van der Waals surface area contributed by atoms with E-state index in [-0.39, 0.29) is 18.0 Å². The van der Waals surface area contributed by atoms with E-state index in [0.29, 0.717) is 13.0 Å². The summed E-state index contributed by atoms with van der Waals surface area (Å²) in [6, 6.07) is 16.0. The van der Waals surface area contributed by atoms with Crippen molar-refractivity contribution in [2.24, 2.45) is 0 Å². The fraction of sp³-hybridized carbons (Fsp3) is 0.250. The lowest BCUT2D eigenvalue weighted by molar-refractivity contribution is -0.117. The second kappa shape index (κ2) is 7.69. The van der Waals surface area contributed by atoms with Crippen molar-refractivity contribution in [2.45, 2.75) is 32.0 Å². The molecule has 3 N–H and O–H groups in total. The van der Waals surface area contributed by atoms with Gasteiger partial charge in [-0.05, 0) is 36.6 Å². The van der Waals surface area contributed by atoms with E-state index >= 15 is 0 Å². The number of hydrogen-bond acceptors (Lipinski definition) is 5. The Morgan fingerprint density at radius 1 is 1.22 bits per heavy atom. The molecule has 3 aromatic rings. The first-order chi connectivity index (χ1) is 13.2. The van der Waals surface area contributed by atoms with Gasteiger partial charge in [-0.1, -0.05) is 42.0 Å². The Kier molecular flexibility index (Phi) is 4.95. The number of nitrogens with one attached hydrogen (secondary N) is 3. The molecule has 0 radical (unpaired) electrons. The summed E-state index contributed by atoms with van der Waals surface area (Å²) in [5.74, 6) is -0.0463. The number of amides is 1. The highest BCUT2D eigenvalue weighted by Crippen LogP contribution is 2.23. The first-order valence-corrected chi connectivity index (χ1v) is 8.97. The summed E-state index contributed by atoms with van der Waals surface area (Å²) < 4.78 is 1.75. The average molecular weight is 362 g/mol. The smallest absolute Gasteiger partial charge is 0.242 e. The van der Waals surface area contributed by atoms with E-state index in [4.69, 9.17) is 0 Å². The van der Waals surface area contributed by atoms with Gasteiger partial charge in [-0.25, -0.2) is 20.5 Å². The lowest BCUT2D eigenvalue weighted by Crippen LogP contribution is -2.39. The van der Waals surface area contributed by atoms with Crippen molar-refractivity contribution in [3.8, 4) is 0 Å². The molecule has 1 fully saturated rings. The lowest BCUT2D eigenvalue weighted by atomic mass is 10.0. The van der Waals surface area contributed by atoms with E-state index in [0.717, 1.165) is 11.3 Å². The highest BCUT2D eigenvalue weighted by Gasteiger charge is 2.30. The molecule has 0 bridgehead atoms. The SMILES string of the molecule is Cc1ccc(C2CC(C(=O)Nc3cccc(Cn4cncn4)c3)NN2)cc1. The summed E-state index contributed by atoms with van der Waals surface area (Å²) in [6.07, 6.45) is 3.88. The number of aromatic nitrogens is 3. The van der Waals surface area contributed by atoms with Crippen LogP contribution in [0.1, 0.15) is 29.2 Å². The van der Waals surface area contributed by atoms with Crippen molar-refractivity contribution in [2.75, 3.05) is 5.32 Å². The summed E-state index contributed by atoms with van der Waals surface area (Å²) in [4.78, 5) is 16.6. The van der Waals surface area contributed by atoms with E-state index < -0.39 is 0 Å². The van der Waals surface area contributed by atoms with E-state index in [1.165, 1.54) is 17.5 Å². The molecule has 2 heterocycles. The number of hydrogen-bond donors (Lipinski definition) is 3. The van der Waals surface area contributed by atoms with Crippen LogP contribution >= 0.6 is 0 Å². The normalized spacial score (nSPS) is 19.1. The van der Waals surface area contributed by atoms with Crippen molar-refractivity contribution >= 4 is 11.6 Å². The van der Waals surface area contributed by atoms with Crippen LogP contribution < -0.4 is 16.2 Å². The van der Waals surface area contributed by atoms with Crippen LogP contribution in [-0.4, -0.2) is 26.7 Å². The van der Waals surface area contributed by atoms with Gasteiger partial charge in [0.25, 0.3) is 0 Å². The Balaban J connectivity index is 1.37. The summed E-state index contributed by atoms with van der Waals surface area (Å²) in [5, 5.41) is 7.11. The van der Waals surface area contributed by atoms with Crippen LogP contribution in [0.2, 0.25) is 0 Å². The molecule has 2 atom stereocenters. The zero-order valence-corrected chi connectivity index (χ0v) is 15.1. The van der Waals surface area contributed by atoms with Gasteiger partial charge < -0.3 is 5.32 Å². The number of carbonyl (C=O) groups is 1. The minimum absolute atomic E-state index is 0.0463. The Labute approximate surface area is 157 Å². The zero-order chi connectivity index (χ0) is 18.6. The van der Waals surface area contributed by atoms with Gasteiger partial charge in [0.15, 0.2) is 0 Å². The van der Waals surface area contributed by atoms with E-state index in [9.17, 15) is 4.79 Å². The highest BCUT2D eigenvalue weighted by atomic mass is 16.2. The molecule has 1 saturated heterocycles. The third-order valence-corrected chi connectivity index (χ3v) is 4.71. The molecule has 7 nitrogen and oxygen atoms in total. The van der Waals surface area contributed by atoms with Crippen molar-refractivity contribution in [1.82, 2.24) is 25.6 Å². The molecule has 0 spiro atoms. The van der Waals surface area contributed by atoms with Gasteiger partial charge in [0.1, 0.15) is 18.7 Å². The Morgan fingerprint density at radius 3 is 2.85 bits per heavy atom. The molecular formula is C20H22N6O. The molecule has 1 aliphatic rings. The molecule has 7 heteroatoms. The van der Waals surface area contributed by atoms with Crippen molar-refractivity contribution in [1.29, 1.82) is 0 Å². The topological polar surface area (TPSA) is 83.9 Å². The maximum atomic E-state index is 12.6. The molecule has 2 unspecified atom stereocenters. The minimum Gasteiger partial charge on any atom is -0.325 e. The van der Waals surface area contributed by atoms with Gasteiger partial charge in [0.05, 0.1) is 6.54 Å². The molecule has 1 aromatic heterocycles. The number of anilines is 1. The molecular weight excluding hydrogens is 340 g/mol. The summed E-state index contributed by atoms with van der Waals surface area (Å²) in [7, 11) is 0. The van der Waals surface area contributed by atoms with E-state index in [1.807, 2.05) is 24.3 Å². The van der Waals surface area contributed by atoms with Gasteiger partial charge in [0, 0.05) is 11.7 Å². The predicted molar refractivity (Wildman–Crippen MR) is 103 cm³/mol. The number of hydrazine groups is 1. The third kappa shape index (κ3) is 4.21. The lowest BCUT2D eigenvalue weighted by Gasteiger charge is -2.12. The molecule has 1 aliphatic heterocycles. The van der Waals surface area contributed by atoms with Crippen LogP contribution in [0.25, 0.3) is 0 Å². The highest BCUT2D eigenvalue weighted by molar-refractivity contribution is 5.95. The second-order valence-corrected chi connectivity index (χ2v) is 6.82. The molecule has 4 rings (SSSR count). The zero-order valence-electron chi connectivity index (χ0n) is 15.1. The number of aryl methyl sites for hydroxylation is 1. The maximum absolute atomic E-state index is 12.6. The third-order valence-electron chi connectivity index (χ3n) is 4.71. The van der Waals surface area contributed by atoms with Gasteiger partial charge in [0.2, 0.25) is 5.91 Å². The molecule has 27 heavy (non-hydrogen) atoms. The predicted octanol–water partition coefficient (Wildman–Crippen LogP) is 2.18. The van der Waals surface area contributed by atoms with E-state index in [2.05, 4.69) is 57.4 Å². The van der Waals surface area contributed by atoms with Crippen LogP contribution in [0.4, 0.5) is 5.69 Å². The van der Waals surface area contributed by atoms with E-state index in [1.54, 1.807) is 11.0 Å². The Hall–Kier alpha value is -3.03. The Morgan fingerprint density at radius 2 is 2.07 bits per heavy atom. The van der Waals surface area contributed by atoms with Crippen molar-refractivity contribution in [3.05, 3.63) is 77.9 Å². The molecule has 1 amide bonds. The summed E-state index contributed by atoms with van der Waals surface area (Å²) in [6.45, 7) is 2.68. The van der Waals surface area contributed by atoms with Crippen molar-refractivity contribution in [3.63, 3.8) is 0 Å². The quantitative estimate of drug-likeness (QED) is 0.648. The van der Waals surface area contributed by atoms with Gasteiger partial charge in [-0.3, -0.25) is 4.79 Å². The van der Waals surface area contributed by atoms with Gasteiger partial charge >= 0.3 is 0 Å². The Bertz CT molecular complexity index is 906. The number of carbonyl (C=O) groups excluding carboxylic acids is 1. The number of rotatable bonds is 5. The molecule has 0 aliphatic carbocycles. The van der Waals surface area contributed by atoms with Gasteiger partial charge in [-0.15, -0.1) is 0 Å². The van der Waals surface area contributed by atoms with Crippen LogP contribution in [0.3, 0.4) is 0 Å². The fourth-order valence-electron chi connectivity index (χ4n) is 3.22. The first kappa shape index (κ1) is 17.4. The number of nitrogens with zero attached hydrogens (tertiary/aromatic N) is 3. The van der Waals surface area contributed by atoms with Crippen LogP contribution in [0.15, 0.2) is 61.2 Å². The molecule has 2 aromatic carbocycles. The van der Waals surface area contributed by atoms with Crippen LogP contribution in [0.5, 0.6) is 0 Å². The second-order valence-electron chi connectivity index (χ2n) is 6.82.